The van der Waals surface area contributed by atoms with E-state index in [1.54, 1.807) is 24.3 Å². The molecule has 1 aliphatic heterocycles. The van der Waals surface area contributed by atoms with Gasteiger partial charge in [-0.3, -0.25) is 9.10 Å². The fourth-order valence-corrected chi connectivity index (χ4v) is 4.22. The molecule has 158 valence electrons. The van der Waals surface area contributed by atoms with Gasteiger partial charge in [-0.1, -0.05) is 18.9 Å². The molecule has 0 saturated carbocycles. The molecule has 0 aliphatic carbocycles. The lowest BCUT2D eigenvalue weighted by Gasteiger charge is -2.23. The molecule has 0 unspecified atom stereocenters. The molecule has 2 rings (SSSR count). The third-order valence-corrected chi connectivity index (χ3v) is 5.92. The number of anilines is 1. The van der Waals surface area contributed by atoms with E-state index in [4.69, 9.17) is 4.74 Å². The second kappa shape index (κ2) is 11.3. The van der Waals surface area contributed by atoms with Crippen LogP contribution < -0.4 is 14.4 Å². The molecular weight excluding hydrogens is 378 g/mol. The Labute approximate surface area is 169 Å². The molecule has 1 heterocycles. The van der Waals surface area contributed by atoms with Gasteiger partial charge in [-0.15, -0.1) is 0 Å². The molecule has 1 saturated heterocycles. The summed E-state index contributed by atoms with van der Waals surface area (Å²) >= 11 is 0. The van der Waals surface area contributed by atoms with Crippen molar-refractivity contribution < 1.29 is 17.9 Å². The fourth-order valence-electron chi connectivity index (χ4n) is 3.37. The van der Waals surface area contributed by atoms with Gasteiger partial charge in [-0.2, -0.15) is 0 Å². The third-order valence-electron chi connectivity index (χ3n) is 4.78. The molecule has 28 heavy (non-hydrogen) atoms. The molecule has 0 aromatic heterocycles. The minimum atomic E-state index is -3.59. The van der Waals surface area contributed by atoms with Crippen molar-refractivity contribution in [3.05, 3.63) is 24.3 Å². The number of sulfonamides is 1. The maximum absolute atomic E-state index is 12.3. The zero-order valence-corrected chi connectivity index (χ0v) is 17.8. The number of carbonyl (C=O) groups is 1. The Morgan fingerprint density at radius 2 is 1.93 bits per heavy atom. The summed E-state index contributed by atoms with van der Waals surface area (Å²) in [5.74, 6) is 0.273. The van der Waals surface area contributed by atoms with Crippen LogP contribution in [0.4, 0.5) is 5.69 Å². The summed E-state index contributed by atoms with van der Waals surface area (Å²) < 4.78 is 31.0. The van der Waals surface area contributed by atoms with E-state index >= 15 is 0 Å². The van der Waals surface area contributed by atoms with Crippen LogP contribution in [-0.4, -0.2) is 64.8 Å². The van der Waals surface area contributed by atoms with Crippen LogP contribution in [0.15, 0.2) is 24.3 Å². The third kappa shape index (κ3) is 7.67. The Kier molecular flexibility index (Phi) is 9.05. The minimum Gasteiger partial charge on any atom is -0.494 e. The number of hydrogen-bond acceptors (Lipinski definition) is 5. The molecular formula is C20H33N3O4S. The van der Waals surface area contributed by atoms with E-state index in [1.807, 2.05) is 6.92 Å². The van der Waals surface area contributed by atoms with Crippen LogP contribution in [0.1, 0.15) is 39.0 Å². The van der Waals surface area contributed by atoms with Crippen LogP contribution in [0.2, 0.25) is 0 Å². The van der Waals surface area contributed by atoms with Gasteiger partial charge in [0.2, 0.25) is 15.9 Å². The molecule has 1 aromatic rings. The molecule has 8 heteroatoms. The molecule has 1 N–H and O–H groups in total. The first-order valence-electron chi connectivity index (χ1n) is 10.1. The Bertz CT molecular complexity index is 716. The van der Waals surface area contributed by atoms with Crippen molar-refractivity contribution in [2.45, 2.75) is 39.0 Å². The standard InChI is InChI=1S/C20H33N3O4S/c1-3-27-19-11-8-10-18(16-19)23(28(2,25)26)17-20(24)21-12-9-15-22-13-6-4-5-7-14-22/h8,10-11,16H,3-7,9,12-15,17H2,1-2H3,(H,21,24). The van der Waals surface area contributed by atoms with Crippen LogP contribution in [0, 0.1) is 0 Å². The number of rotatable bonds is 10. The van der Waals surface area contributed by atoms with Gasteiger partial charge in [0.1, 0.15) is 12.3 Å². The van der Waals surface area contributed by atoms with Gasteiger partial charge in [-0.25, -0.2) is 8.42 Å². The number of likely N-dealkylation sites (tertiary alicyclic amines) is 1. The van der Waals surface area contributed by atoms with E-state index < -0.39 is 10.0 Å². The molecule has 1 fully saturated rings. The highest BCUT2D eigenvalue weighted by Crippen LogP contribution is 2.23. The molecule has 0 spiro atoms. The normalized spacial score (nSPS) is 15.6. The van der Waals surface area contributed by atoms with Crippen molar-refractivity contribution in [2.75, 3.05) is 49.9 Å². The number of carbonyl (C=O) groups excluding carboxylic acids is 1. The second-order valence-corrected chi connectivity index (χ2v) is 9.07. The van der Waals surface area contributed by atoms with Crippen molar-refractivity contribution in [3.8, 4) is 5.75 Å². The van der Waals surface area contributed by atoms with Gasteiger partial charge in [-0.05, 0) is 58.0 Å². The molecule has 1 amide bonds. The number of benzene rings is 1. The van der Waals surface area contributed by atoms with E-state index in [1.165, 1.54) is 25.7 Å². The first-order valence-corrected chi connectivity index (χ1v) is 11.9. The summed E-state index contributed by atoms with van der Waals surface area (Å²) in [7, 11) is -3.59. The Hall–Kier alpha value is -1.80. The van der Waals surface area contributed by atoms with Gasteiger partial charge in [0, 0.05) is 12.6 Å². The summed E-state index contributed by atoms with van der Waals surface area (Å²) in [6.45, 7) is 5.88. The highest BCUT2D eigenvalue weighted by molar-refractivity contribution is 7.92. The number of hydrogen-bond donors (Lipinski definition) is 1. The highest BCUT2D eigenvalue weighted by Gasteiger charge is 2.21. The number of nitrogens with zero attached hydrogens (tertiary/aromatic N) is 2. The second-order valence-electron chi connectivity index (χ2n) is 7.16. The van der Waals surface area contributed by atoms with Crippen LogP contribution in [-0.2, 0) is 14.8 Å². The summed E-state index contributed by atoms with van der Waals surface area (Å²) in [5, 5.41) is 2.85. The topological polar surface area (TPSA) is 79.0 Å². The summed E-state index contributed by atoms with van der Waals surface area (Å²) in [6.07, 6.45) is 7.07. The van der Waals surface area contributed by atoms with Gasteiger partial charge in [0.25, 0.3) is 0 Å². The lowest BCUT2D eigenvalue weighted by molar-refractivity contribution is -0.119. The molecule has 0 bridgehead atoms. The molecule has 7 nitrogen and oxygen atoms in total. The smallest absolute Gasteiger partial charge is 0.240 e. The number of ether oxygens (including phenoxy) is 1. The SMILES string of the molecule is CCOc1cccc(N(CC(=O)NCCCN2CCCCCC2)S(C)(=O)=O)c1. The van der Waals surface area contributed by atoms with Gasteiger partial charge in [0.05, 0.1) is 18.6 Å². The lowest BCUT2D eigenvalue weighted by Crippen LogP contribution is -2.41. The van der Waals surface area contributed by atoms with Crippen LogP contribution in [0.3, 0.4) is 0 Å². The largest absolute Gasteiger partial charge is 0.494 e. The van der Waals surface area contributed by atoms with E-state index in [2.05, 4.69) is 10.2 Å². The van der Waals surface area contributed by atoms with E-state index in [0.717, 1.165) is 36.6 Å². The summed E-state index contributed by atoms with van der Waals surface area (Å²) in [4.78, 5) is 14.8. The van der Waals surface area contributed by atoms with Crippen LogP contribution in [0.5, 0.6) is 5.75 Å². The van der Waals surface area contributed by atoms with Crippen molar-refractivity contribution in [3.63, 3.8) is 0 Å². The Balaban J connectivity index is 1.86. The molecule has 0 atom stereocenters. The Morgan fingerprint density at radius 3 is 2.57 bits per heavy atom. The predicted octanol–water partition coefficient (Wildman–Crippen LogP) is 2.23. The summed E-state index contributed by atoms with van der Waals surface area (Å²) in [5.41, 5.74) is 0.424. The average molecular weight is 412 g/mol. The minimum absolute atomic E-state index is 0.238. The lowest BCUT2D eigenvalue weighted by atomic mass is 10.2. The maximum Gasteiger partial charge on any atom is 0.240 e. The van der Waals surface area contributed by atoms with Crippen LogP contribution >= 0.6 is 0 Å². The fraction of sp³-hybridized carbons (Fsp3) is 0.650. The van der Waals surface area contributed by atoms with Crippen molar-refractivity contribution in [1.82, 2.24) is 10.2 Å². The first kappa shape index (κ1) is 22.5. The Morgan fingerprint density at radius 1 is 1.21 bits per heavy atom. The highest BCUT2D eigenvalue weighted by atomic mass is 32.2. The maximum atomic E-state index is 12.3. The zero-order valence-electron chi connectivity index (χ0n) is 17.0. The van der Waals surface area contributed by atoms with Crippen LogP contribution in [0.25, 0.3) is 0 Å². The van der Waals surface area contributed by atoms with Gasteiger partial charge < -0.3 is 15.0 Å². The van der Waals surface area contributed by atoms with E-state index in [0.29, 0.717) is 24.6 Å². The van der Waals surface area contributed by atoms with Gasteiger partial charge >= 0.3 is 0 Å². The van der Waals surface area contributed by atoms with Gasteiger partial charge in [0.15, 0.2) is 0 Å². The van der Waals surface area contributed by atoms with Crippen molar-refractivity contribution in [1.29, 1.82) is 0 Å². The zero-order chi connectivity index (χ0) is 20.4. The predicted molar refractivity (Wildman–Crippen MR) is 112 cm³/mol. The average Bonchev–Trinajstić information content (AvgIpc) is 2.92. The number of nitrogens with one attached hydrogen (secondary N) is 1. The first-order chi connectivity index (χ1) is 13.4. The number of amides is 1. The molecule has 1 aliphatic rings. The summed E-state index contributed by atoms with van der Waals surface area (Å²) in [6, 6.07) is 6.78. The quantitative estimate of drug-likeness (QED) is 0.598. The van der Waals surface area contributed by atoms with E-state index in [9.17, 15) is 13.2 Å². The molecule has 1 aromatic carbocycles. The molecule has 0 radical (unpaired) electrons. The monoisotopic (exact) mass is 411 g/mol. The van der Waals surface area contributed by atoms with E-state index in [-0.39, 0.29) is 12.5 Å². The van der Waals surface area contributed by atoms with Crippen molar-refractivity contribution >= 4 is 21.6 Å². The van der Waals surface area contributed by atoms with Crippen molar-refractivity contribution in [2.24, 2.45) is 0 Å².